The van der Waals surface area contributed by atoms with Crippen molar-refractivity contribution in [2.24, 2.45) is 5.84 Å². The Bertz CT molecular complexity index is 855. The summed E-state index contributed by atoms with van der Waals surface area (Å²) >= 11 is 1.65. The van der Waals surface area contributed by atoms with E-state index in [2.05, 4.69) is 22.3 Å². The average molecular weight is 313 g/mol. The molecule has 0 atom stereocenters. The predicted octanol–water partition coefficient (Wildman–Crippen LogP) is 3.36. The molecule has 0 aliphatic heterocycles. The molecule has 6 heteroatoms. The SMILES string of the molecule is CCCCc1nc2sc3c(NN)ncnc3c2c2c1CCC2. The van der Waals surface area contributed by atoms with E-state index in [1.165, 1.54) is 41.5 Å². The van der Waals surface area contributed by atoms with Crippen molar-refractivity contribution in [3.63, 3.8) is 0 Å². The first-order chi connectivity index (χ1) is 10.8. The van der Waals surface area contributed by atoms with E-state index in [1.54, 1.807) is 17.7 Å². The van der Waals surface area contributed by atoms with E-state index >= 15 is 0 Å². The van der Waals surface area contributed by atoms with Crippen molar-refractivity contribution in [3.8, 4) is 0 Å². The molecule has 4 rings (SSSR count). The molecule has 0 bridgehead atoms. The zero-order chi connectivity index (χ0) is 15.1. The molecule has 0 saturated carbocycles. The number of thiophene rings is 1. The van der Waals surface area contributed by atoms with Crippen molar-refractivity contribution in [2.45, 2.75) is 45.4 Å². The minimum atomic E-state index is 0.690. The number of pyridine rings is 1. The Labute approximate surface area is 133 Å². The minimum Gasteiger partial charge on any atom is -0.307 e. The van der Waals surface area contributed by atoms with Crippen LogP contribution >= 0.6 is 11.3 Å². The lowest BCUT2D eigenvalue weighted by molar-refractivity contribution is 0.770. The fraction of sp³-hybridized carbons (Fsp3) is 0.438. The summed E-state index contributed by atoms with van der Waals surface area (Å²) in [6.45, 7) is 2.23. The molecule has 3 N–H and O–H groups in total. The lowest BCUT2D eigenvalue weighted by Crippen LogP contribution is -2.08. The monoisotopic (exact) mass is 313 g/mol. The molecule has 1 aliphatic rings. The highest BCUT2D eigenvalue weighted by Crippen LogP contribution is 2.41. The first kappa shape index (κ1) is 13.8. The van der Waals surface area contributed by atoms with Crippen LogP contribution in [0.25, 0.3) is 20.4 Å². The Morgan fingerprint density at radius 3 is 2.95 bits per heavy atom. The first-order valence-corrected chi connectivity index (χ1v) is 8.69. The van der Waals surface area contributed by atoms with Gasteiger partial charge in [-0.2, -0.15) is 0 Å². The summed E-state index contributed by atoms with van der Waals surface area (Å²) in [5.74, 6) is 6.28. The van der Waals surface area contributed by atoms with Gasteiger partial charge >= 0.3 is 0 Å². The Balaban J connectivity index is 2.03. The van der Waals surface area contributed by atoms with Gasteiger partial charge in [-0.05, 0) is 43.2 Å². The second-order valence-corrected chi connectivity index (χ2v) is 6.80. The highest BCUT2D eigenvalue weighted by atomic mass is 32.1. The van der Waals surface area contributed by atoms with Crippen molar-refractivity contribution in [1.29, 1.82) is 0 Å². The van der Waals surface area contributed by atoms with Crippen molar-refractivity contribution >= 4 is 37.6 Å². The fourth-order valence-electron chi connectivity index (χ4n) is 3.43. The number of aromatic nitrogens is 3. The van der Waals surface area contributed by atoms with E-state index in [1.807, 2.05) is 0 Å². The van der Waals surface area contributed by atoms with Crippen LogP contribution in [0.5, 0.6) is 0 Å². The third kappa shape index (κ3) is 1.98. The van der Waals surface area contributed by atoms with Gasteiger partial charge in [0, 0.05) is 11.1 Å². The van der Waals surface area contributed by atoms with E-state index in [0.717, 1.165) is 34.3 Å². The number of nitrogen functional groups attached to an aromatic ring is 1. The number of fused-ring (bicyclic) bond motifs is 5. The second-order valence-electron chi connectivity index (χ2n) is 5.80. The van der Waals surface area contributed by atoms with Gasteiger partial charge in [0.05, 0.1) is 10.2 Å². The molecule has 1 aliphatic carbocycles. The second kappa shape index (κ2) is 5.44. The number of unbranched alkanes of at least 4 members (excludes halogenated alkanes) is 1. The molecule has 0 fully saturated rings. The third-order valence-electron chi connectivity index (χ3n) is 4.46. The first-order valence-electron chi connectivity index (χ1n) is 7.88. The van der Waals surface area contributed by atoms with Gasteiger partial charge in [0.25, 0.3) is 0 Å². The largest absolute Gasteiger partial charge is 0.307 e. The number of rotatable bonds is 4. The van der Waals surface area contributed by atoms with Gasteiger partial charge in [-0.15, -0.1) is 11.3 Å². The molecule has 0 saturated heterocycles. The Morgan fingerprint density at radius 2 is 2.14 bits per heavy atom. The average Bonchev–Trinajstić information content (AvgIpc) is 3.15. The standard InChI is InChI=1S/C16H19N5S/c1-2-3-7-11-9-5-4-6-10(9)12-13-14(22-16(12)20-11)15(21-17)19-8-18-13/h8H,2-7,17H2,1H3,(H,18,19,21). The van der Waals surface area contributed by atoms with Gasteiger partial charge in [0.15, 0.2) is 5.82 Å². The predicted molar refractivity (Wildman–Crippen MR) is 91.2 cm³/mol. The Hall–Kier alpha value is -1.79. The number of hydrazine groups is 1. The van der Waals surface area contributed by atoms with Crippen LogP contribution in [0.1, 0.15) is 43.0 Å². The van der Waals surface area contributed by atoms with Crippen LogP contribution in [0.2, 0.25) is 0 Å². The summed E-state index contributed by atoms with van der Waals surface area (Å²) < 4.78 is 1.01. The normalized spacial score (nSPS) is 13.9. The van der Waals surface area contributed by atoms with E-state index in [4.69, 9.17) is 10.8 Å². The van der Waals surface area contributed by atoms with E-state index in [9.17, 15) is 0 Å². The van der Waals surface area contributed by atoms with Crippen LogP contribution in [-0.2, 0) is 19.3 Å². The van der Waals surface area contributed by atoms with Crippen LogP contribution in [0.4, 0.5) is 5.82 Å². The Kier molecular flexibility index (Phi) is 3.43. The molecule has 22 heavy (non-hydrogen) atoms. The molecule has 0 amide bonds. The number of hydrogen-bond donors (Lipinski definition) is 2. The maximum atomic E-state index is 5.59. The Morgan fingerprint density at radius 1 is 1.27 bits per heavy atom. The van der Waals surface area contributed by atoms with Gasteiger partial charge < -0.3 is 5.43 Å². The van der Waals surface area contributed by atoms with Gasteiger partial charge in [-0.25, -0.2) is 20.8 Å². The molecular formula is C16H19N5S. The maximum absolute atomic E-state index is 5.59. The molecule has 0 aromatic carbocycles. The van der Waals surface area contributed by atoms with Crippen LogP contribution in [0, 0.1) is 0 Å². The number of aryl methyl sites for hydroxylation is 2. The van der Waals surface area contributed by atoms with E-state index in [-0.39, 0.29) is 0 Å². The van der Waals surface area contributed by atoms with Crippen LogP contribution in [0.15, 0.2) is 6.33 Å². The van der Waals surface area contributed by atoms with Crippen LogP contribution in [-0.4, -0.2) is 15.0 Å². The fourth-order valence-corrected chi connectivity index (χ4v) is 4.56. The van der Waals surface area contributed by atoms with Crippen LogP contribution in [0.3, 0.4) is 0 Å². The highest BCUT2D eigenvalue weighted by Gasteiger charge is 2.23. The van der Waals surface area contributed by atoms with Gasteiger partial charge in [0.2, 0.25) is 0 Å². The van der Waals surface area contributed by atoms with Crippen molar-refractivity contribution in [1.82, 2.24) is 15.0 Å². The molecular weight excluding hydrogens is 294 g/mol. The topological polar surface area (TPSA) is 76.7 Å². The number of nitrogens with one attached hydrogen (secondary N) is 1. The third-order valence-corrected chi connectivity index (χ3v) is 5.54. The van der Waals surface area contributed by atoms with Crippen molar-refractivity contribution in [3.05, 3.63) is 23.1 Å². The lowest BCUT2D eigenvalue weighted by atomic mass is 10.0. The zero-order valence-electron chi connectivity index (χ0n) is 12.6. The molecule has 0 spiro atoms. The number of anilines is 1. The molecule has 0 unspecified atom stereocenters. The number of nitrogens with zero attached hydrogens (tertiary/aromatic N) is 3. The van der Waals surface area contributed by atoms with Crippen molar-refractivity contribution in [2.75, 3.05) is 5.43 Å². The summed E-state index contributed by atoms with van der Waals surface area (Å²) in [5, 5.41) is 1.23. The summed E-state index contributed by atoms with van der Waals surface area (Å²) in [6.07, 6.45) is 8.57. The summed E-state index contributed by atoms with van der Waals surface area (Å²) in [6, 6.07) is 0. The summed E-state index contributed by atoms with van der Waals surface area (Å²) in [7, 11) is 0. The number of hydrogen-bond acceptors (Lipinski definition) is 6. The molecule has 0 radical (unpaired) electrons. The summed E-state index contributed by atoms with van der Waals surface area (Å²) in [5.41, 5.74) is 7.91. The van der Waals surface area contributed by atoms with E-state index < -0.39 is 0 Å². The number of nitrogens with two attached hydrogens (primary N) is 1. The van der Waals surface area contributed by atoms with Crippen molar-refractivity contribution < 1.29 is 0 Å². The molecule has 114 valence electrons. The highest BCUT2D eigenvalue weighted by molar-refractivity contribution is 7.26. The molecule has 3 aromatic heterocycles. The van der Waals surface area contributed by atoms with Crippen LogP contribution < -0.4 is 11.3 Å². The lowest BCUT2D eigenvalue weighted by Gasteiger charge is -2.08. The van der Waals surface area contributed by atoms with Gasteiger partial charge in [-0.1, -0.05) is 13.3 Å². The molecule has 5 nitrogen and oxygen atoms in total. The molecule has 3 aromatic rings. The molecule has 3 heterocycles. The maximum Gasteiger partial charge on any atom is 0.161 e. The summed E-state index contributed by atoms with van der Waals surface area (Å²) in [4.78, 5) is 14.8. The van der Waals surface area contributed by atoms with Gasteiger partial charge in [0.1, 0.15) is 11.2 Å². The zero-order valence-corrected chi connectivity index (χ0v) is 13.5. The smallest absolute Gasteiger partial charge is 0.161 e. The van der Waals surface area contributed by atoms with E-state index in [0.29, 0.717) is 5.82 Å². The van der Waals surface area contributed by atoms with Gasteiger partial charge in [-0.3, -0.25) is 0 Å². The quantitative estimate of drug-likeness (QED) is 0.570. The minimum absolute atomic E-state index is 0.690.